The van der Waals surface area contributed by atoms with E-state index in [0.717, 1.165) is 25.8 Å². The lowest BCUT2D eigenvalue weighted by molar-refractivity contribution is -0.0492. The molecule has 0 aliphatic carbocycles. The van der Waals surface area contributed by atoms with Crippen LogP contribution in [0.2, 0.25) is 0 Å². The minimum atomic E-state index is 0.315. The van der Waals surface area contributed by atoms with Crippen LogP contribution >= 0.6 is 0 Å². The van der Waals surface area contributed by atoms with Crippen LogP contribution in [-0.2, 0) is 4.74 Å². The molecule has 0 aromatic rings. The summed E-state index contributed by atoms with van der Waals surface area (Å²) >= 11 is 0. The topological polar surface area (TPSA) is 24.5 Å². The SMILES string of the molecule is CCNC1CCN(C2(C)CCCOC2)CC1. The van der Waals surface area contributed by atoms with Crippen molar-refractivity contribution in [2.75, 3.05) is 32.8 Å². The van der Waals surface area contributed by atoms with Gasteiger partial charge in [0, 0.05) is 31.3 Å². The third-order valence-corrected chi connectivity index (χ3v) is 4.17. The van der Waals surface area contributed by atoms with Crippen LogP contribution in [-0.4, -0.2) is 49.3 Å². The van der Waals surface area contributed by atoms with Gasteiger partial charge in [-0.1, -0.05) is 6.92 Å². The van der Waals surface area contributed by atoms with Crippen LogP contribution in [0.25, 0.3) is 0 Å². The van der Waals surface area contributed by atoms with Gasteiger partial charge in [0.15, 0.2) is 0 Å². The summed E-state index contributed by atoms with van der Waals surface area (Å²) in [6.07, 6.45) is 5.12. The van der Waals surface area contributed by atoms with Crippen molar-refractivity contribution in [2.24, 2.45) is 0 Å². The molecule has 0 radical (unpaired) electrons. The molecular weight excluding hydrogens is 200 g/mol. The Hall–Kier alpha value is -0.120. The highest BCUT2D eigenvalue weighted by atomic mass is 16.5. The van der Waals surface area contributed by atoms with Crippen molar-refractivity contribution in [1.29, 1.82) is 0 Å². The first-order valence-corrected chi connectivity index (χ1v) is 6.81. The monoisotopic (exact) mass is 226 g/mol. The maximum atomic E-state index is 5.66. The molecule has 1 atom stereocenters. The predicted octanol–water partition coefficient (Wildman–Crippen LogP) is 1.63. The van der Waals surface area contributed by atoms with E-state index >= 15 is 0 Å². The quantitative estimate of drug-likeness (QED) is 0.791. The fraction of sp³-hybridized carbons (Fsp3) is 1.00. The Bertz CT molecular complexity index is 206. The van der Waals surface area contributed by atoms with Crippen molar-refractivity contribution in [2.45, 2.75) is 51.1 Å². The molecule has 2 fully saturated rings. The van der Waals surface area contributed by atoms with Crippen LogP contribution in [0.3, 0.4) is 0 Å². The normalized spacial score (nSPS) is 34.1. The molecule has 0 aromatic heterocycles. The summed E-state index contributed by atoms with van der Waals surface area (Å²) in [6.45, 7) is 10.0. The zero-order valence-electron chi connectivity index (χ0n) is 10.8. The first-order chi connectivity index (χ1) is 7.74. The molecule has 3 nitrogen and oxygen atoms in total. The van der Waals surface area contributed by atoms with Gasteiger partial charge in [-0.25, -0.2) is 0 Å². The summed E-state index contributed by atoms with van der Waals surface area (Å²) in [5, 5.41) is 3.56. The van der Waals surface area contributed by atoms with Crippen LogP contribution in [0, 0.1) is 0 Å². The van der Waals surface area contributed by atoms with Gasteiger partial charge >= 0.3 is 0 Å². The third-order valence-electron chi connectivity index (χ3n) is 4.17. The first-order valence-electron chi connectivity index (χ1n) is 6.81. The highest BCUT2D eigenvalue weighted by Crippen LogP contribution is 2.28. The molecule has 0 amide bonds. The van der Waals surface area contributed by atoms with Crippen LogP contribution in [0.5, 0.6) is 0 Å². The Morgan fingerprint density at radius 3 is 2.69 bits per heavy atom. The van der Waals surface area contributed by atoms with Gasteiger partial charge < -0.3 is 10.1 Å². The van der Waals surface area contributed by atoms with Gasteiger partial charge in [-0.3, -0.25) is 4.90 Å². The second kappa shape index (κ2) is 5.48. The Kier molecular flexibility index (Phi) is 4.22. The maximum absolute atomic E-state index is 5.66. The van der Waals surface area contributed by atoms with Gasteiger partial charge in [0.2, 0.25) is 0 Å². The molecule has 3 heteroatoms. The average molecular weight is 226 g/mol. The van der Waals surface area contributed by atoms with E-state index in [4.69, 9.17) is 4.74 Å². The highest BCUT2D eigenvalue weighted by molar-refractivity contribution is 4.91. The first kappa shape index (κ1) is 12.3. The van der Waals surface area contributed by atoms with Crippen molar-refractivity contribution in [3.63, 3.8) is 0 Å². The van der Waals surface area contributed by atoms with Crippen molar-refractivity contribution >= 4 is 0 Å². The Balaban J connectivity index is 1.83. The third kappa shape index (κ3) is 2.76. The molecule has 0 saturated carbocycles. The number of rotatable bonds is 3. The molecule has 94 valence electrons. The number of likely N-dealkylation sites (tertiary alicyclic amines) is 1. The lowest BCUT2D eigenvalue weighted by Gasteiger charge is -2.46. The Morgan fingerprint density at radius 2 is 2.12 bits per heavy atom. The smallest absolute Gasteiger partial charge is 0.0647 e. The van der Waals surface area contributed by atoms with Gasteiger partial charge in [-0.05, 0) is 39.2 Å². The molecule has 2 heterocycles. The minimum absolute atomic E-state index is 0.315. The van der Waals surface area contributed by atoms with E-state index in [1.165, 1.54) is 38.8 Å². The van der Waals surface area contributed by atoms with Crippen molar-refractivity contribution in [1.82, 2.24) is 10.2 Å². The number of nitrogens with zero attached hydrogens (tertiary/aromatic N) is 1. The number of ether oxygens (including phenoxy) is 1. The van der Waals surface area contributed by atoms with Crippen LogP contribution in [0.4, 0.5) is 0 Å². The zero-order valence-corrected chi connectivity index (χ0v) is 10.8. The van der Waals surface area contributed by atoms with Crippen molar-refractivity contribution in [3.05, 3.63) is 0 Å². The molecule has 0 aromatic carbocycles. The molecule has 2 aliphatic rings. The van der Waals surface area contributed by atoms with E-state index in [-0.39, 0.29) is 0 Å². The molecule has 0 bridgehead atoms. The zero-order chi connectivity index (χ0) is 11.4. The second-order valence-corrected chi connectivity index (χ2v) is 5.47. The number of hydrogen-bond donors (Lipinski definition) is 1. The van der Waals surface area contributed by atoms with E-state index in [1.54, 1.807) is 0 Å². The van der Waals surface area contributed by atoms with Crippen molar-refractivity contribution in [3.8, 4) is 0 Å². The van der Waals surface area contributed by atoms with E-state index in [9.17, 15) is 0 Å². The largest absolute Gasteiger partial charge is 0.380 e. The average Bonchev–Trinajstić information content (AvgIpc) is 2.31. The van der Waals surface area contributed by atoms with E-state index in [0.29, 0.717) is 5.54 Å². The Labute approximate surface area is 99.5 Å². The molecule has 2 aliphatic heterocycles. The van der Waals surface area contributed by atoms with Crippen LogP contribution in [0.15, 0.2) is 0 Å². The van der Waals surface area contributed by atoms with Gasteiger partial charge in [-0.15, -0.1) is 0 Å². The van der Waals surface area contributed by atoms with Gasteiger partial charge in [0.25, 0.3) is 0 Å². The van der Waals surface area contributed by atoms with E-state index in [2.05, 4.69) is 24.1 Å². The predicted molar refractivity (Wildman–Crippen MR) is 66.7 cm³/mol. The van der Waals surface area contributed by atoms with Crippen LogP contribution < -0.4 is 5.32 Å². The molecule has 2 saturated heterocycles. The number of hydrogen-bond acceptors (Lipinski definition) is 3. The van der Waals surface area contributed by atoms with Crippen LogP contribution in [0.1, 0.15) is 39.5 Å². The fourth-order valence-corrected chi connectivity index (χ4v) is 3.08. The van der Waals surface area contributed by atoms with Gasteiger partial charge in [0.05, 0.1) is 6.61 Å². The van der Waals surface area contributed by atoms with Crippen molar-refractivity contribution < 1.29 is 4.74 Å². The second-order valence-electron chi connectivity index (χ2n) is 5.47. The summed E-state index contributed by atoms with van der Waals surface area (Å²) in [7, 11) is 0. The highest BCUT2D eigenvalue weighted by Gasteiger charge is 2.35. The molecule has 2 rings (SSSR count). The van der Waals surface area contributed by atoms with Gasteiger partial charge in [0.1, 0.15) is 0 Å². The lowest BCUT2D eigenvalue weighted by atomic mass is 9.89. The number of piperidine rings is 1. The minimum Gasteiger partial charge on any atom is -0.380 e. The molecule has 1 N–H and O–H groups in total. The number of nitrogens with one attached hydrogen (secondary N) is 1. The summed E-state index contributed by atoms with van der Waals surface area (Å²) in [4.78, 5) is 2.65. The lowest BCUT2D eigenvalue weighted by Crippen LogP contribution is -2.56. The molecule has 16 heavy (non-hydrogen) atoms. The molecule has 1 unspecified atom stereocenters. The standard InChI is InChI=1S/C13H26N2O/c1-3-14-12-5-8-15(9-6-12)13(2)7-4-10-16-11-13/h12,14H,3-11H2,1-2H3. The maximum Gasteiger partial charge on any atom is 0.0647 e. The van der Waals surface area contributed by atoms with Gasteiger partial charge in [-0.2, -0.15) is 0 Å². The molecular formula is C13H26N2O. The molecule has 0 spiro atoms. The fourth-order valence-electron chi connectivity index (χ4n) is 3.08. The van der Waals surface area contributed by atoms with E-state index in [1.807, 2.05) is 0 Å². The Morgan fingerprint density at radius 1 is 1.38 bits per heavy atom. The summed E-state index contributed by atoms with van der Waals surface area (Å²) < 4.78 is 5.66. The van der Waals surface area contributed by atoms with E-state index < -0.39 is 0 Å². The summed E-state index contributed by atoms with van der Waals surface area (Å²) in [6, 6.07) is 0.745. The summed E-state index contributed by atoms with van der Waals surface area (Å²) in [5.74, 6) is 0. The summed E-state index contributed by atoms with van der Waals surface area (Å²) in [5.41, 5.74) is 0.315.